The molecule has 7 heteroatoms. The highest BCUT2D eigenvalue weighted by molar-refractivity contribution is 7.13. The molecule has 2 heterocycles. The largest absolute Gasteiger partial charge is 0.480 e. The van der Waals surface area contributed by atoms with Crippen molar-refractivity contribution >= 4 is 23.2 Å². The number of benzene rings is 1. The third-order valence-electron chi connectivity index (χ3n) is 6.61. The summed E-state index contributed by atoms with van der Waals surface area (Å²) < 4.78 is 0. The average Bonchev–Trinajstić information content (AvgIpc) is 3.42. The summed E-state index contributed by atoms with van der Waals surface area (Å²) in [4.78, 5) is 34.3. The fraction of sp³-hybridized carbons (Fsp3) is 0.429. The summed E-state index contributed by atoms with van der Waals surface area (Å²) in [6.45, 7) is 0. The fourth-order valence-electron chi connectivity index (χ4n) is 4.62. The van der Waals surface area contributed by atoms with Gasteiger partial charge >= 0.3 is 5.97 Å². The van der Waals surface area contributed by atoms with E-state index in [0.29, 0.717) is 12.0 Å². The van der Waals surface area contributed by atoms with E-state index in [9.17, 15) is 14.7 Å². The predicted molar refractivity (Wildman–Crippen MR) is 139 cm³/mol. The molecule has 0 saturated carbocycles. The maximum atomic E-state index is 12.7. The molecule has 1 amide bonds. The molecule has 0 aliphatic heterocycles. The van der Waals surface area contributed by atoms with Gasteiger partial charge < -0.3 is 10.4 Å². The molecule has 3 aromatic rings. The van der Waals surface area contributed by atoms with Gasteiger partial charge in [-0.2, -0.15) is 0 Å². The van der Waals surface area contributed by atoms with Crippen molar-refractivity contribution in [2.24, 2.45) is 0 Å². The Kier molecular flexibility index (Phi) is 9.01. The minimum Gasteiger partial charge on any atom is -0.480 e. The van der Waals surface area contributed by atoms with Crippen molar-refractivity contribution in [2.75, 3.05) is 0 Å². The Labute approximate surface area is 210 Å². The van der Waals surface area contributed by atoms with Gasteiger partial charge in [0.15, 0.2) is 0 Å². The number of thiazole rings is 1. The molecule has 0 radical (unpaired) electrons. The molecule has 2 aromatic heterocycles. The summed E-state index contributed by atoms with van der Waals surface area (Å²) >= 11 is 1.50. The van der Waals surface area contributed by atoms with Crippen molar-refractivity contribution in [1.29, 1.82) is 0 Å². The number of carboxylic acids is 1. The number of fused-ring (bicyclic) bond motifs is 1. The summed E-state index contributed by atoms with van der Waals surface area (Å²) in [7, 11) is 0. The van der Waals surface area contributed by atoms with Crippen LogP contribution in [0.2, 0.25) is 0 Å². The van der Waals surface area contributed by atoms with Crippen LogP contribution in [0.4, 0.5) is 0 Å². The third-order valence-corrected chi connectivity index (χ3v) is 7.43. The summed E-state index contributed by atoms with van der Waals surface area (Å²) in [6, 6.07) is 10.8. The highest BCUT2D eigenvalue weighted by atomic mass is 32.1. The lowest BCUT2D eigenvalue weighted by Crippen LogP contribution is -2.40. The van der Waals surface area contributed by atoms with Gasteiger partial charge in [0.1, 0.15) is 6.04 Å². The van der Waals surface area contributed by atoms with Gasteiger partial charge in [-0.3, -0.25) is 14.8 Å². The monoisotopic (exact) mass is 491 g/mol. The number of nitrogens with zero attached hydrogens (tertiary/aromatic N) is 2. The Bertz CT molecular complexity index is 1130. The number of carbonyl (C=O) groups is 2. The van der Waals surface area contributed by atoms with Crippen molar-refractivity contribution in [1.82, 2.24) is 15.3 Å². The Hall–Kier alpha value is -3.06. The summed E-state index contributed by atoms with van der Waals surface area (Å²) in [6.07, 6.45) is 13.0. The van der Waals surface area contributed by atoms with E-state index in [4.69, 9.17) is 4.98 Å². The van der Waals surface area contributed by atoms with Crippen LogP contribution in [0.5, 0.6) is 0 Å². The van der Waals surface area contributed by atoms with Gasteiger partial charge in [0.05, 0.1) is 10.4 Å². The number of aryl methyl sites for hydroxylation is 3. The smallest absolute Gasteiger partial charge is 0.326 e. The van der Waals surface area contributed by atoms with E-state index < -0.39 is 12.0 Å². The number of amides is 1. The van der Waals surface area contributed by atoms with E-state index in [2.05, 4.69) is 22.4 Å². The number of nitrogens with one attached hydrogen (secondary N) is 1. The molecular formula is C28H33N3O3S. The minimum absolute atomic E-state index is 0.360. The molecule has 2 N–H and O–H groups in total. The molecule has 1 aromatic carbocycles. The van der Waals surface area contributed by atoms with Gasteiger partial charge in [-0.25, -0.2) is 4.79 Å². The molecule has 0 fully saturated rings. The Morgan fingerprint density at radius 1 is 1.03 bits per heavy atom. The Balaban J connectivity index is 1.17. The SMILES string of the molecule is O=C(N[C@H](CCCCCCCc1ccc2c(n1)CCCC2)C(=O)O)c1cccc(-c2cncs2)c1. The molecular weight excluding hydrogens is 458 g/mol. The van der Waals surface area contributed by atoms with Crippen LogP contribution in [0.1, 0.15) is 78.7 Å². The van der Waals surface area contributed by atoms with Crippen LogP contribution in [0.25, 0.3) is 10.4 Å². The Morgan fingerprint density at radius 3 is 2.69 bits per heavy atom. The van der Waals surface area contributed by atoms with E-state index >= 15 is 0 Å². The van der Waals surface area contributed by atoms with Crippen LogP contribution in [0.3, 0.4) is 0 Å². The zero-order valence-electron chi connectivity index (χ0n) is 20.0. The summed E-state index contributed by atoms with van der Waals surface area (Å²) in [5, 5.41) is 12.3. The van der Waals surface area contributed by atoms with Gasteiger partial charge in [0, 0.05) is 23.1 Å². The number of rotatable bonds is 12. The van der Waals surface area contributed by atoms with Crippen LogP contribution in [0, 0.1) is 0 Å². The number of carboxylic acid groups (broad SMARTS) is 1. The number of hydrogen-bond acceptors (Lipinski definition) is 5. The zero-order chi connectivity index (χ0) is 24.5. The average molecular weight is 492 g/mol. The van der Waals surface area contributed by atoms with Crippen molar-refractivity contribution in [3.8, 4) is 10.4 Å². The highest BCUT2D eigenvalue weighted by Crippen LogP contribution is 2.24. The molecule has 0 spiro atoms. The van der Waals surface area contributed by atoms with E-state index in [-0.39, 0.29) is 5.91 Å². The number of pyridine rings is 1. The van der Waals surface area contributed by atoms with Crippen molar-refractivity contribution < 1.29 is 14.7 Å². The maximum absolute atomic E-state index is 12.7. The van der Waals surface area contributed by atoms with E-state index in [1.54, 1.807) is 29.9 Å². The molecule has 0 saturated heterocycles. The second-order valence-corrected chi connectivity index (χ2v) is 10.1. The molecule has 0 unspecified atom stereocenters. The zero-order valence-corrected chi connectivity index (χ0v) is 20.9. The maximum Gasteiger partial charge on any atom is 0.326 e. The van der Waals surface area contributed by atoms with Crippen LogP contribution < -0.4 is 5.32 Å². The number of aromatic nitrogens is 2. The lowest BCUT2D eigenvalue weighted by atomic mass is 9.95. The first-order chi connectivity index (χ1) is 17.1. The summed E-state index contributed by atoms with van der Waals surface area (Å²) in [5.41, 5.74) is 7.01. The van der Waals surface area contributed by atoms with Gasteiger partial charge in [-0.05, 0) is 74.3 Å². The minimum atomic E-state index is -0.990. The molecule has 0 bridgehead atoms. The molecule has 1 aliphatic carbocycles. The molecule has 1 atom stereocenters. The van der Waals surface area contributed by atoms with E-state index in [0.717, 1.165) is 55.4 Å². The predicted octanol–water partition coefficient (Wildman–Crippen LogP) is 5.85. The van der Waals surface area contributed by atoms with Crippen LogP contribution >= 0.6 is 11.3 Å². The standard InChI is InChI=1S/C28H33N3O3S/c32-27(22-11-8-10-21(17-22)26-18-29-19-35-26)31-25(28(33)34)14-5-3-1-2-4-12-23-16-15-20-9-6-7-13-24(20)30-23/h8,10-11,15-19,25H,1-7,9,12-14H2,(H,31,32)(H,33,34)/t25-/m1/s1. The lowest BCUT2D eigenvalue weighted by Gasteiger charge is -2.15. The number of hydrogen-bond donors (Lipinski definition) is 2. The second-order valence-electron chi connectivity index (χ2n) is 9.23. The molecule has 35 heavy (non-hydrogen) atoms. The molecule has 1 aliphatic rings. The first-order valence-electron chi connectivity index (χ1n) is 12.6. The first kappa shape index (κ1) is 25.0. The lowest BCUT2D eigenvalue weighted by molar-refractivity contribution is -0.139. The number of carbonyl (C=O) groups excluding carboxylic acids is 1. The second kappa shape index (κ2) is 12.6. The van der Waals surface area contributed by atoms with Crippen molar-refractivity contribution in [3.05, 3.63) is 70.6 Å². The van der Waals surface area contributed by atoms with Crippen LogP contribution in [-0.2, 0) is 24.1 Å². The fourth-order valence-corrected chi connectivity index (χ4v) is 5.24. The third kappa shape index (κ3) is 7.21. The quantitative estimate of drug-likeness (QED) is 0.310. The van der Waals surface area contributed by atoms with Crippen molar-refractivity contribution in [2.45, 2.75) is 76.7 Å². The molecule has 184 valence electrons. The van der Waals surface area contributed by atoms with Gasteiger partial charge in [-0.15, -0.1) is 11.3 Å². The molecule has 6 nitrogen and oxygen atoms in total. The highest BCUT2D eigenvalue weighted by Gasteiger charge is 2.20. The topological polar surface area (TPSA) is 92.2 Å². The van der Waals surface area contributed by atoms with Crippen LogP contribution in [-0.4, -0.2) is 33.0 Å². The molecule has 4 rings (SSSR count). The van der Waals surface area contributed by atoms with Gasteiger partial charge in [0.2, 0.25) is 0 Å². The normalized spacial score (nSPS) is 13.7. The van der Waals surface area contributed by atoms with Gasteiger partial charge in [0.25, 0.3) is 5.91 Å². The van der Waals surface area contributed by atoms with Crippen LogP contribution in [0.15, 0.2) is 48.1 Å². The number of unbranched alkanes of at least 4 members (excludes halogenated alkanes) is 4. The van der Waals surface area contributed by atoms with Crippen molar-refractivity contribution in [3.63, 3.8) is 0 Å². The summed E-state index contributed by atoms with van der Waals surface area (Å²) in [5.74, 6) is -1.35. The number of aliphatic carboxylic acids is 1. The first-order valence-corrected chi connectivity index (χ1v) is 13.5. The Morgan fingerprint density at radius 2 is 1.86 bits per heavy atom. The van der Waals surface area contributed by atoms with E-state index in [1.807, 2.05) is 6.07 Å². The van der Waals surface area contributed by atoms with Gasteiger partial charge in [-0.1, -0.05) is 43.9 Å². The van der Waals surface area contributed by atoms with E-state index in [1.165, 1.54) is 47.6 Å².